The highest BCUT2D eigenvalue weighted by molar-refractivity contribution is 6.31. The number of hydrogen-bond acceptors (Lipinski definition) is 3. The monoisotopic (exact) mass is 895 g/mol. The molecule has 2 fully saturated rings. The Morgan fingerprint density at radius 1 is 0.444 bits per heavy atom. The van der Waals surface area contributed by atoms with Gasteiger partial charge in [-0.3, -0.25) is 0 Å². The molecule has 0 heterocycles. The van der Waals surface area contributed by atoms with Crippen LogP contribution in [0.25, 0.3) is 0 Å². The molecule has 3 nitrogen and oxygen atoms in total. The van der Waals surface area contributed by atoms with E-state index < -0.39 is 12.2 Å². The smallest absolute Gasteiger partial charge is 0.119 e. The van der Waals surface area contributed by atoms with Crippen molar-refractivity contribution in [3.8, 4) is 11.5 Å². The van der Waals surface area contributed by atoms with Crippen LogP contribution in [0, 0.1) is 11.8 Å². The summed E-state index contributed by atoms with van der Waals surface area (Å²) in [7, 11) is 0. The molecule has 2 aliphatic carbocycles. The Hall–Kier alpha value is -2.98. The van der Waals surface area contributed by atoms with Gasteiger partial charge in [0.2, 0.25) is 0 Å². The van der Waals surface area contributed by atoms with Crippen molar-refractivity contribution in [3.63, 3.8) is 0 Å². The summed E-state index contributed by atoms with van der Waals surface area (Å²) < 4.78 is 19.9. The van der Waals surface area contributed by atoms with Crippen molar-refractivity contribution in [2.45, 2.75) is 193 Å². The third-order valence-electron chi connectivity index (χ3n) is 14.4. The summed E-state index contributed by atoms with van der Waals surface area (Å²) in [5.41, 5.74) is 6.70. The summed E-state index contributed by atoms with van der Waals surface area (Å²) in [6, 6.07) is 30.6. The minimum absolute atomic E-state index is 0.455. The van der Waals surface area contributed by atoms with E-state index in [1.54, 1.807) is 0 Å². The van der Waals surface area contributed by atoms with Crippen molar-refractivity contribution < 1.29 is 14.2 Å². The Kier molecular flexibility index (Phi) is 21.1. The van der Waals surface area contributed by atoms with Crippen LogP contribution in [0.2, 0.25) is 10.0 Å². The Bertz CT molecular complexity index is 1740. The van der Waals surface area contributed by atoms with Crippen LogP contribution in [0.5, 0.6) is 11.5 Å². The van der Waals surface area contributed by atoms with Crippen molar-refractivity contribution in [2.24, 2.45) is 11.8 Å². The third-order valence-corrected chi connectivity index (χ3v) is 15.0. The molecule has 0 spiro atoms. The predicted octanol–water partition coefficient (Wildman–Crippen LogP) is 18.7. The molecule has 0 radical (unpaired) electrons. The Morgan fingerprint density at radius 3 is 1.17 bits per heavy atom. The van der Waals surface area contributed by atoms with E-state index in [1.165, 1.54) is 140 Å². The average molecular weight is 896 g/mol. The van der Waals surface area contributed by atoms with Gasteiger partial charge in [0.05, 0.1) is 13.2 Å². The van der Waals surface area contributed by atoms with Gasteiger partial charge in [0.25, 0.3) is 0 Å². The first kappa shape index (κ1) is 49.5. The highest BCUT2D eigenvalue weighted by atomic mass is 35.5. The van der Waals surface area contributed by atoms with E-state index in [2.05, 4.69) is 113 Å². The number of rotatable bonds is 26. The molecule has 63 heavy (non-hydrogen) atoms. The molecular formula is C58H80Cl2O3. The van der Waals surface area contributed by atoms with Gasteiger partial charge in [-0.1, -0.05) is 176 Å². The van der Waals surface area contributed by atoms with Crippen LogP contribution in [0.3, 0.4) is 0 Å². The van der Waals surface area contributed by atoms with Crippen molar-refractivity contribution in [1.29, 1.82) is 0 Å². The van der Waals surface area contributed by atoms with E-state index in [-0.39, 0.29) is 0 Å². The quantitative estimate of drug-likeness (QED) is 0.0588. The van der Waals surface area contributed by atoms with Crippen molar-refractivity contribution in [3.05, 3.63) is 128 Å². The van der Waals surface area contributed by atoms with Gasteiger partial charge >= 0.3 is 0 Å². The fourth-order valence-electron chi connectivity index (χ4n) is 10.3. The van der Waals surface area contributed by atoms with Gasteiger partial charge in [0.15, 0.2) is 0 Å². The molecule has 2 atom stereocenters. The molecule has 2 unspecified atom stereocenters. The molecular weight excluding hydrogens is 816 g/mol. The first-order valence-electron chi connectivity index (χ1n) is 25.6. The lowest BCUT2D eigenvalue weighted by atomic mass is 9.77. The van der Waals surface area contributed by atoms with Crippen molar-refractivity contribution in [2.75, 3.05) is 13.2 Å². The number of benzene rings is 4. The second kappa shape index (κ2) is 26.9. The van der Waals surface area contributed by atoms with E-state index in [4.69, 9.17) is 37.4 Å². The van der Waals surface area contributed by atoms with Crippen molar-refractivity contribution >= 4 is 23.2 Å². The number of ether oxygens (including phenoxy) is 3. The number of unbranched alkanes of at least 4 members (excludes halogenated alkanes) is 8. The predicted molar refractivity (Wildman–Crippen MR) is 268 cm³/mol. The molecule has 4 aromatic carbocycles. The van der Waals surface area contributed by atoms with Crippen LogP contribution in [0.15, 0.2) is 84.9 Å². The summed E-state index contributed by atoms with van der Waals surface area (Å²) in [5.74, 6) is 4.59. The third kappa shape index (κ3) is 15.0. The van der Waals surface area contributed by atoms with Crippen molar-refractivity contribution in [1.82, 2.24) is 0 Å². The fraction of sp³-hybridized carbons (Fsp3) is 0.586. The van der Waals surface area contributed by atoms with Crippen LogP contribution in [-0.4, -0.2) is 13.2 Å². The highest BCUT2D eigenvalue weighted by Gasteiger charge is 2.30. The first-order chi connectivity index (χ1) is 30.9. The van der Waals surface area contributed by atoms with Crippen LogP contribution in [0.4, 0.5) is 0 Å². The van der Waals surface area contributed by atoms with Crippen LogP contribution in [0.1, 0.15) is 226 Å². The summed E-state index contributed by atoms with van der Waals surface area (Å²) in [6.07, 6.45) is 26.7. The number of hydrogen-bond donors (Lipinski definition) is 0. The topological polar surface area (TPSA) is 27.7 Å². The van der Waals surface area contributed by atoms with Gasteiger partial charge in [-0.25, -0.2) is 0 Å². The van der Waals surface area contributed by atoms with Gasteiger partial charge in [0, 0.05) is 21.2 Å². The van der Waals surface area contributed by atoms with Crippen LogP contribution >= 0.6 is 23.2 Å². The zero-order valence-electron chi connectivity index (χ0n) is 39.5. The van der Waals surface area contributed by atoms with Crippen LogP contribution in [-0.2, 0) is 4.74 Å². The molecule has 0 saturated heterocycles. The van der Waals surface area contributed by atoms with Gasteiger partial charge in [-0.15, -0.1) is 0 Å². The zero-order chi connectivity index (χ0) is 44.2. The SMILES string of the molecule is CCCCCCOc1ccc(C(OC(c2ccc(OCCCCCC)cc2)c2ccc([C@H]3CC[C@H](CCCC)CC3)cc2Cl)c2ccc([C@H]3CC[C@H](CCCC)CC3)cc2Cl)cc1. The second-order valence-corrected chi connectivity index (χ2v) is 19.9. The lowest BCUT2D eigenvalue weighted by molar-refractivity contribution is 0.0309. The maximum atomic E-state index is 7.51. The standard InChI is InChI=1S/C58H80Cl2O3/c1-5-9-13-15-39-61-51-33-27-47(28-34-51)57(53-37-31-49(41-55(53)59)45-23-19-43(20-24-45)17-11-7-3)63-58(48-29-35-52(36-30-48)62-40-16-14-10-6-2)54-38-32-50(42-56(54)60)46-25-21-44(22-26-46)18-12-8-4/h27-38,41-46,57-58H,5-26,39-40H2,1-4H3/t43-,44-,45-,46-,57?,58?. The normalized spacial score (nSPS) is 20.0. The Balaban J connectivity index is 1.31. The van der Waals surface area contributed by atoms with Gasteiger partial charge < -0.3 is 14.2 Å². The molecule has 344 valence electrons. The molecule has 0 aromatic heterocycles. The van der Waals surface area contributed by atoms with E-state index in [0.717, 1.165) is 81.7 Å². The summed E-state index contributed by atoms with van der Waals surface area (Å²) >= 11 is 14.9. The highest BCUT2D eigenvalue weighted by Crippen LogP contribution is 2.45. The molecule has 0 aliphatic heterocycles. The second-order valence-electron chi connectivity index (χ2n) is 19.1. The van der Waals surface area contributed by atoms with E-state index in [1.807, 2.05) is 0 Å². The van der Waals surface area contributed by atoms with Gasteiger partial charge in [0.1, 0.15) is 23.7 Å². The summed E-state index contributed by atoms with van der Waals surface area (Å²) in [5, 5.41) is 1.51. The van der Waals surface area contributed by atoms with Crippen LogP contribution < -0.4 is 9.47 Å². The molecule has 0 N–H and O–H groups in total. The summed E-state index contributed by atoms with van der Waals surface area (Å²) in [6.45, 7) is 10.5. The molecule has 2 aliphatic rings. The largest absolute Gasteiger partial charge is 0.494 e. The van der Waals surface area contributed by atoms with Gasteiger partial charge in [-0.05, 0) is 147 Å². The molecule has 2 saturated carbocycles. The lowest BCUT2D eigenvalue weighted by Gasteiger charge is -2.31. The van der Waals surface area contributed by atoms with Gasteiger partial charge in [-0.2, -0.15) is 0 Å². The molecule has 0 bridgehead atoms. The fourth-order valence-corrected chi connectivity index (χ4v) is 10.9. The maximum Gasteiger partial charge on any atom is 0.119 e. The minimum Gasteiger partial charge on any atom is -0.494 e. The summed E-state index contributed by atoms with van der Waals surface area (Å²) in [4.78, 5) is 0. The lowest BCUT2D eigenvalue weighted by Crippen LogP contribution is -2.16. The van der Waals surface area contributed by atoms with E-state index >= 15 is 0 Å². The average Bonchev–Trinajstić information content (AvgIpc) is 3.32. The molecule has 5 heteroatoms. The van der Waals surface area contributed by atoms with E-state index in [0.29, 0.717) is 11.8 Å². The Labute approximate surface area is 393 Å². The molecule has 0 amide bonds. The Morgan fingerprint density at radius 2 is 0.825 bits per heavy atom. The first-order valence-corrected chi connectivity index (χ1v) is 26.4. The van der Waals surface area contributed by atoms with E-state index in [9.17, 15) is 0 Å². The molecule has 6 rings (SSSR count). The number of halogens is 2. The zero-order valence-corrected chi connectivity index (χ0v) is 41.0. The minimum atomic E-state index is -0.455. The maximum absolute atomic E-state index is 7.51. The molecule has 4 aromatic rings.